The van der Waals surface area contributed by atoms with E-state index < -0.39 is 12.4 Å². The van der Waals surface area contributed by atoms with Gasteiger partial charge >= 0.3 is 6.61 Å². The molecule has 1 saturated heterocycles. The van der Waals surface area contributed by atoms with Crippen LogP contribution >= 0.6 is 0 Å². The molecule has 3 heterocycles. The Morgan fingerprint density at radius 3 is 2.37 bits per heavy atom. The Labute approximate surface area is 201 Å². The van der Waals surface area contributed by atoms with E-state index in [1.165, 1.54) is 44.7 Å². The van der Waals surface area contributed by atoms with Crippen LogP contribution in [0.25, 0.3) is 11.1 Å². The summed E-state index contributed by atoms with van der Waals surface area (Å²) in [5, 5.41) is 2.99. The Bertz CT molecular complexity index is 1180. The zero-order valence-corrected chi connectivity index (χ0v) is 19.3. The SMILES string of the molecule is COc1ncc(-c2ccc(OC(F)F)cc2)cc1Nc1nc(N2CCC3(CCC3)CC2)ncc1F. The van der Waals surface area contributed by atoms with Crippen molar-refractivity contribution in [1.29, 1.82) is 0 Å². The highest BCUT2D eigenvalue weighted by Crippen LogP contribution is 2.49. The first-order valence-corrected chi connectivity index (χ1v) is 11.6. The summed E-state index contributed by atoms with van der Waals surface area (Å²) < 4.78 is 49.3. The van der Waals surface area contributed by atoms with E-state index in [-0.39, 0.29) is 17.4 Å². The van der Waals surface area contributed by atoms with Crippen molar-refractivity contribution in [1.82, 2.24) is 15.0 Å². The molecule has 7 nitrogen and oxygen atoms in total. The van der Waals surface area contributed by atoms with E-state index in [1.807, 2.05) is 0 Å². The summed E-state index contributed by atoms with van der Waals surface area (Å²) >= 11 is 0. The molecule has 2 aliphatic rings. The summed E-state index contributed by atoms with van der Waals surface area (Å²) in [4.78, 5) is 15.1. The van der Waals surface area contributed by atoms with E-state index >= 15 is 0 Å². The fourth-order valence-corrected chi connectivity index (χ4v) is 4.77. The van der Waals surface area contributed by atoms with Crippen LogP contribution in [0.5, 0.6) is 11.6 Å². The third-order valence-corrected chi connectivity index (χ3v) is 6.96. The minimum absolute atomic E-state index is 0.0249. The van der Waals surface area contributed by atoms with Crippen LogP contribution in [-0.4, -0.2) is 41.8 Å². The number of halogens is 3. The van der Waals surface area contributed by atoms with Crippen molar-refractivity contribution < 1.29 is 22.6 Å². The van der Waals surface area contributed by atoms with Gasteiger partial charge in [0.25, 0.3) is 0 Å². The highest BCUT2D eigenvalue weighted by molar-refractivity contribution is 5.72. The third kappa shape index (κ3) is 4.96. The van der Waals surface area contributed by atoms with Crippen LogP contribution < -0.4 is 19.7 Å². The molecule has 0 unspecified atom stereocenters. The standard InChI is InChI=1S/C25H26F3N5O2/c1-34-22-20(13-17(14-29-22)16-3-5-18(6-4-16)35-23(27)28)31-21-19(26)15-30-24(32-21)33-11-9-25(10-12-33)7-2-8-25/h3-6,13-15,23H,2,7-12H2,1H3,(H,30,31,32). The zero-order valence-electron chi connectivity index (χ0n) is 19.3. The second-order valence-corrected chi connectivity index (χ2v) is 9.02. The number of nitrogens with zero attached hydrogens (tertiary/aromatic N) is 4. The molecule has 0 radical (unpaired) electrons. The van der Waals surface area contributed by atoms with Crippen LogP contribution in [0.4, 0.5) is 30.6 Å². The van der Waals surface area contributed by atoms with Gasteiger partial charge in [0.2, 0.25) is 11.8 Å². The molecule has 0 amide bonds. The average Bonchev–Trinajstić information content (AvgIpc) is 2.84. The van der Waals surface area contributed by atoms with Gasteiger partial charge in [-0.3, -0.25) is 0 Å². The minimum Gasteiger partial charge on any atom is -0.480 e. The van der Waals surface area contributed by atoms with Crippen molar-refractivity contribution in [2.75, 3.05) is 30.4 Å². The molecule has 0 bridgehead atoms. The lowest BCUT2D eigenvalue weighted by atomic mass is 9.63. The van der Waals surface area contributed by atoms with E-state index in [0.717, 1.165) is 25.9 Å². The molecule has 1 aliphatic carbocycles. The van der Waals surface area contributed by atoms with Crippen molar-refractivity contribution in [3.8, 4) is 22.8 Å². The molecule has 0 atom stereocenters. The summed E-state index contributed by atoms with van der Waals surface area (Å²) in [6.45, 7) is -1.18. The number of hydrogen-bond acceptors (Lipinski definition) is 7. The molecule has 5 rings (SSSR count). The summed E-state index contributed by atoms with van der Waals surface area (Å²) in [5.41, 5.74) is 2.29. The summed E-state index contributed by atoms with van der Waals surface area (Å²) in [6, 6.07) is 7.90. The van der Waals surface area contributed by atoms with Crippen molar-refractivity contribution in [3.63, 3.8) is 0 Å². The van der Waals surface area contributed by atoms with E-state index in [4.69, 9.17) is 4.74 Å². The fourth-order valence-electron chi connectivity index (χ4n) is 4.77. The third-order valence-electron chi connectivity index (χ3n) is 6.96. The molecular weight excluding hydrogens is 459 g/mol. The molecule has 35 heavy (non-hydrogen) atoms. The number of aromatic nitrogens is 3. The number of piperidine rings is 1. The first kappa shape index (κ1) is 23.2. The minimum atomic E-state index is -2.89. The first-order chi connectivity index (χ1) is 16.9. The van der Waals surface area contributed by atoms with Crippen LogP contribution in [0.2, 0.25) is 0 Å². The number of methoxy groups -OCH3 is 1. The van der Waals surface area contributed by atoms with E-state index in [9.17, 15) is 13.2 Å². The molecule has 2 aromatic heterocycles. The Balaban J connectivity index is 1.37. The quantitative estimate of drug-likeness (QED) is 0.453. The van der Waals surface area contributed by atoms with Gasteiger partial charge in [-0.2, -0.15) is 13.8 Å². The predicted molar refractivity (Wildman–Crippen MR) is 126 cm³/mol. The fraction of sp³-hybridized carbons (Fsp3) is 0.400. The number of hydrogen-bond donors (Lipinski definition) is 1. The van der Waals surface area contributed by atoms with Crippen molar-refractivity contribution in [2.24, 2.45) is 5.41 Å². The molecular formula is C25H26F3N5O2. The number of benzene rings is 1. The Morgan fingerprint density at radius 1 is 1.00 bits per heavy atom. The lowest BCUT2D eigenvalue weighted by Gasteiger charge is -2.48. The molecule has 3 aromatic rings. The maximum absolute atomic E-state index is 14.7. The van der Waals surface area contributed by atoms with Gasteiger partial charge < -0.3 is 19.7 Å². The van der Waals surface area contributed by atoms with E-state index in [0.29, 0.717) is 28.2 Å². The Morgan fingerprint density at radius 2 is 1.74 bits per heavy atom. The van der Waals surface area contributed by atoms with Crippen LogP contribution in [0.1, 0.15) is 32.1 Å². The van der Waals surface area contributed by atoms with Gasteiger partial charge in [-0.05, 0) is 54.9 Å². The largest absolute Gasteiger partial charge is 0.480 e. The normalized spacial score (nSPS) is 16.8. The molecule has 184 valence electrons. The van der Waals surface area contributed by atoms with Crippen molar-refractivity contribution >= 4 is 17.5 Å². The highest BCUT2D eigenvalue weighted by Gasteiger charge is 2.40. The molecule has 10 heteroatoms. The number of anilines is 3. The summed E-state index contributed by atoms with van der Waals surface area (Å²) in [7, 11) is 1.47. The summed E-state index contributed by atoms with van der Waals surface area (Å²) in [5.74, 6) is 0.232. The second kappa shape index (κ2) is 9.59. The zero-order chi connectivity index (χ0) is 24.4. The Hall–Kier alpha value is -3.56. The number of alkyl halides is 2. The topological polar surface area (TPSA) is 72.4 Å². The number of pyridine rings is 1. The monoisotopic (exact) mass is 485 g/mol. The van der Waals surface area contributed by atoms with Crippen LogP contribution in [0.15, 0.2) is 42.7 Å². The first-order valence-electron chi connectivity index (χ1n) is 11.6. The smallest absolute Gasteiger partial charge is 0.387 e. The van der Waals surface area contributed by atoms with Gasteiger partial charge in [0, 0.05) is 24.8 Å². The second-order valence-electron chi connectivity index (χ2n) is 9.02. The maximum atomic E-state index is 14.7. The Kier molecular flexibility index (Phi) is 6.36. The molecule has 1 aromatic carbocycles. The molecule has 1 spiro atoms. The lowest BCUT2D eigenvalue weighted by molar-refractivity contribution is -0.0498. The molecule has 2 fully saturated rings. The van der Waals surface area contributed by atoms with Gasteiger partial charge in [0.15, 0.2) is 11.6 Å². The number of ether oxygens (including phenoxy) is 2. The van der Waals surface area contributed by atoms with Crippen LogP contribution in [0, 0.1) is 11.2 Å². The molecule has 1 N–H and O–H groups in total. The maximum Gasteiger partial charge on any atom is 0.387 e. The number of rotatable bonds is 7. The molecule has 1 aliphatic heterocycles. The van der Waals surface area contributed by atoms with Gasteiger partial charge in [0.1, 0.15) is 11.4 Å². The van der Waals surface area contributed by atoms with Gasteiger partial charge in [0.05, 0.1) is 13.3 Å². The van der Waals surface area contributed by atoms with E-state index in [1.54, 1.807) is 24.4 Å². The van der Waals surface area contributed by atoms with Gasteiger partial charge in [-0.15, -0.1) is 0 Å². The van der Waals surface area contributed by atoms with Crippen LogP contribution in [0.3, 0.4) is 0 Å². The van der Waals surface area contributed by atoms with Crippen molar-refractivity contribution in [3.05, 3.63) is 48.5 Å². The lowest BCUT2D eigenvalue weighted by Crippen LogP contribution is -2.44. The average molecular weight is 486 g/mol. The van der Waals surface area contributed by atoms with Gasteiger partial charge in [-0.25, -0.2) is 14.4 Å². The highest BCUT2D eigenvalue weighted by atomic mass is 19.3. The number of nitrogens with one attached hydrogen (secondary N) is 1. The molecule has 1 saturated carbocycles. The van der Waals surface area contributed by atoms with Crippen LogP contribution in [-0.2, 0) is 0 Å². The predicted octanol–water partition coefficient (Wildman–Crippen LogP) is 5.80. The van der Waals surface area contributed by atoms with Crippen molar-refractivity contribution in [2.45, 2.75) is 38.7 Å². The van der Waals surface area contributed by atoms with Gasteiger partial charge in [-0.1, -0.05) is 18.6 Å². The summed E-state index contributed by atoms with van der Waals surface area (Å²) in [6.07, 6.45) is 8.87. The van der Waals surface area contributed by atoms with E-state index in [2.05, 4.69) is 29.9 Å².